The molecule has 0 spiro atoms. The first-order valence-corrected chi connectivity index (χ1v) is 8.44. The lowest BCUT2D eigenvalue weighted by molar-refractivity contribution is 0.0739. The van der Waals surface area contributed by atoms with Gasteiger partial charge >= 0.3 is 5.97 Å². The topological polar surface area (TPSA) is 67.8 Å². The first kappa shape index (κ1) is 17.5. The van der Waals surface area contributed by atoms with Crippen molar-refractivity contribution < 1.29 is 18.7 Å². The molecule has 1 amide bonds. The maximum absolute atomic E-state index is 12.8. The fraction of sp³-hybridized carbons (Fsp3) is 0. The number of hydrogen-bond acceptors (Lipinski definition) is 5. The predicted octanol–water partition coefficient (Wildman–Crippen LogP) is 3.87. The van der Waals surface area contributed by atoms with Gasteiger partial charge in [-0.05, 0) is 53.4 Å². The molecule has 0 saturated heterocycles. The van der Waals surface area contributed by atoms with E-state index in [4.69, 9.17) is 4.74 Å². The number of hydrogen-bond donors (Lipinski definition) is 1. The van der Waals surface area contributed by atoms with Gasteiger partial charge in [0.05, 0.1) is 6.21 Å². The number of ether oxygens (including phenoxy) is 1. The molecule has 2 aromatic carbocycles. The maximum Gasteiger partial charge on any atom is 0.353 e. The van der Waals surface area contributed by atoms with Crippen LogP contribution in [0.15, 0.2) is 71.1 Å². The van der Waals surface area contributed by atoms with Crippen LogP contribution in [-0.4, -0.2) is 18.1 Å². The van der Waals surface area contributed by atoms with Gasteiger partial charge in [-0.2, -0.15) is 5.10 Å². The molecule has 0 aliphatic carbocycles. The normalized spacial score (nSPS) is 10.7. The highest BCUT2D eigenvalue weighted by Crippen LogP contribution is 2.16. The van der Waals surface area contributed by atoms with Crippen LogP contribution in [0.5, 0.6) is 5.75 Å². The number of esters is 1. The highest BCUT2D eigenvalue weighted by atomic mass is 32.1. The molecule has 1 heterocycles. The molecule has 1 aromatic heterocycles. The molecule has 0 bridgehead atoms. The van der Waals surface area contributed by atoms with Crippen molar-refractivity contribution in [1.82, 2.24) is 5.43 Å². The lowest BCUT2D eigenvalue weighted by atomic mass is 10.2. The number of nitrogens with one attached hydrogen (secondary N) is 1. The van der Waals surface area contributed by atoms with Crippen molar-refractivity contribution in [3.05, 3.63) is 87.9 Å². The number of thiophene rings is 1. The van der Waals surface area contributed by atoms with E-state index in [1.807, 2.05) is 0 Å². The van der Waals surface area contributed by atoms with Gasteiger partial charge in [0.15, 0.2) is 0 Å². The van der Waals surface area contributed by atoms with E-state index in [2.05, 4.69) is 10.5 Å². The van der Waals surface area contributed by atoms with Crippen LogP contribution in [0.1, 0.15) is 25.6 Å². The Morgan fingerprint density at radius 1 is 1.08 bits per heavy atom. The number of carbonyl (C=O) groups excluding carboxylic acids is 2. The van der Waals surface area contributed by atoms with Gasteiger partial charge in [-0.1, -0.05) is 18.2 Å². The molecule has 26 heavy (non-hydrogen) atoms. The first-order chi connectivity index (χ1) is 12.6. The SMILES string of the molecule is O=C(N/N=C\c1cccc(OC(=O)c2cccs2)c1)c1ccc(F)cc1. The second-order valence-corrected chi connectivity index (χ2v) is 6.09. The Morgan fingerprint density at radius 3 is 2.62 bits per heavy atom. The summed E-state index contributed by atoms with van der Waals surface area (Å²) in [6, 6.07) is 15.3. The number of halogens is 1. The zero-order valence-electron chi connectivity index (χ0n) is 13.4. The average molecular weight is 368 g/mol. The molecule has 0 atom stereocenters. The fourth-order valence-corrected chi connectivity index (χ4v) is 2.64. The summed E-state index contributed by atoms with van der Waals surface area (Å²) in [6.07, 6.45) is 1.42. The minimum Gasteiger partial charge on any atom is -0.422 e. The summed E-state index contributed by atoms with van der Waals surface area (Å²) in [4.78, 5) is 24.3. The van der Waals surface area contributed by atoms with Crippen LogP contribution in [0.4, 0.5) is 4.39 Å². The molecule has 5 nitrogen and oxygen atoms in total. The molecule has 3 rings (SSSR count). The Balaban J connectivity index is 1.61. The molecule has 0 radical (unpaired) electrons. The van der Waals surface area contributed by atoms with E-state index in [0.29, 0.717) is 21.8 Å². The molecule has 130 valence electrons. The van der Waals surface area contributed by atoms with Gasteiger partial charge in [0.2, 0.25) is 0 Å². The zero-order chi connectivity index (χ0) is 18.4. The Labute approximate surface area is 152 Å². The lowest BCUT2D eigenvalue weighted by Gasteiger charge is -2.03. The van der Waals surface area contributed by atoms with E-state index < -0.39 is 17.7 Å². The van der Waals surface area contributed by atoms with Gasteiger partial charge in [-0.3, -0.25) is 4.79 Å². The van der Waals surface area contributed by atoms with Crippen molar-refractivity contribution in [1.29, 1.82) is 0 Å². The largest absolute Gasteiger partial charge is 0.422 e. The Bertz CT molecular complexity index is 938. The average Bonchev–Trinajstić information content (AvgIpc) is 3.17. The molecule has 0 aliphatic rings. The van der Waals surface area contributed by atoms with Crippen molar-refractivity contribution in [2.24, 2.45) is 5.10 Å². The molecule has 7 heteroatoms. The minimum absolute atomic E-state index is 0.294. The molecular weight excluding hydrogens is 355 g/mol. The van der Waals surface area contributed by atoms with E-state index >= 15 is 0 Å². The molecule has 0 aliphatic heterocycles. The molecule has 0 fully saturated rings. The van der Waals surface area contributed by atoms with Crippen LogP contribution in [0.25, 0.3) is 0 Å². The van der Waals surface area contributed by atoms with Gasteiger partial charge < -0.3 is 4.74 Å². The van der Waals surface area contributed by atoms with Crippen molar-refractivity contribution >= 4 is 29.4 Å². The number of nitrogens with zero attached hydrogens (tertiary/aromatic N) is 1. The van der Waals surface area contributed by atoms with Crippen LogP contribution in [0, 0.1) is 5.82 Å². The summed E-state index contributed by atoms with van der Waals surface area (Å²) >= 11 is 1.30. The third kappa shape index (κ3) is 4.61. The smallest absolute Gasteiger partial charge is 0.353 e. The van der Waals surface area contributed by atoms with Crippen LogP contribution in [0.3, 0.4) is 0 Å². The minimum atomic E-state index is -0.457. The van der Waals surface area contributed by atoms with E-state index in [-0.39, 0.29) is 0 Å². The second kappa shape index (κ2) is 8.17. The summed E-state index contributed by atoms with van der Waals surface area (Å²) < 4.78 is 18.1. The number of benzene rings is 2. The third-order valence-electron chi connectivity index (χ3n) is 3.28. The van der Waals surface area contributed by atoms with Crippen LogP contribution in [0.2, 0.25) is 0 Å². The Kier molecular flexibility index (Phi) is 5.50. The summed E-state index contributed by atoms with van der Waals surface area (Å²) in [7, 11) is 0. The van der Waals surface area contributed by atoms with E-state index in [0.717, 1.165) is 0 Å². The highest BCUT2D eigenvalue weighted by Gasteiger charge is 2.09. The van der Waals surface area contributed by atoms with Crippen LogP contribution >= 0.6 is 11.3 Å². The predicted molar refractivity (Wildman–Crippen MR) is 97.2 cm³/mol. The molecule has 1 N–H and O–H groups in total. The molecule has 0 unspecified atom stereocenters. The number of carbonyl (C=O) groups is 2. The van der Waals surface area contributed by atoms with E-state index in [1.165, 1.54) is 41.8 Å². The Morgan fingerprint density at radius 2 is 1.88 bits per heavy atom. The van der Waals surface area contributed by atoms with E-state index in [1.54, 1.807) is 41.8 Å². The Hall–Kier alpha value is -3.32. The fourth-order valence-electron chi connectivity index (χ4n) is 2.04. The number of amides is 1. The summed E-state index contributed by atoms with van der Waals surface area (Å²) in [5.74, 6) is -0.934. The van der Waals surface area contributed by atoms with Crippen molar-refractivity contribution in [2.45, 2.75) is 0 Å². The van der Waals surface area contributed by atoms with Crippen molar-refractivity contribution in [3.8, 4) is 5.75 Å². The monoisotopic (exact) mass is 368 g/mol. The third-order valence-corrected chi connectivity index (χ3v) is 4.13. The maximum atomic E-state index is 12.8. The molecular formula is C19H13FN2O3S. The zero-order valence-corrected chi connectivity index (χ0v) is 14.2. The van der Waals surface area contributed by atoms with Crippen LogP contribution < -0.4 is 10.2 Å². The van der Waals surface area contributed by atoms with Crippen molar-refractivity contribution in [2.75, 3.05) is 0 Å². The quantitative estimate of drug-likeness (QED) is 0.322. The van der Waals surface area contributed by atoms with Gasteiger partial charge in [0.1, 0.15) is 16.4 Å². The molecule has 0 saturated carbocycles. The number of rotatable bonds is 5. The van der Waals surface area contributed by atoms with Gasteiger partial charge in [0.25, 0.3) is 5.91 Å². The summed E-state index contributed by atoms with van der Waals surface area (Å²) in [5, 5.41) is 5.65. The van der Waals surface area contributed by atoms with Gasteiger partial charge in [-0.15, -0.1) is 11.3 Å². The van der Waals surface area contributed by atoms with Crippen molar-refractivity contribution in [3.63, 3.8) is 0 Å². The van der Waals surface area contributed by atoms with E-state index in [9.17, 15) is 14.0 Å². The van der Waals surface area contributed by atoms with Crippen LogP contribution in [-0.2, 0) is 0 Å². The number of hydrazone groups is 1. The lowest BCUT2D eigenvalue weighted by Crippen LogP contribution is -2.17. The highest BCUT2D eigenvalue weighted by molar-refractivity contribution is 7.12. The first-order valence-electron chi connectivity index (χ1n) is 7.56. The van der Waals surface area contributed by atoms with Gasteiger partial charge in [0, 0.05) is 5.56 Å². The summed E-state index contributed by atoms with van der Waals surface area (Å²) in [5.41, 5.74) is 3.28. The van der Waals surface area contributed by atoms with Gasteiger partial charge in [-0.25, -0.2) is 14.6 Å². The summed E-state index contributed by atoms with van der Waals surface area (Å²) in [6.45, 7) is 0. The standard InChI is InChI=1S/C19H13FN2O3S/c20-15-8-6-14(7-9-15)18(23)22-21-12-13-3-1-4-16(11-13)25-19(24)17-5-2-10-26-17/h1-12H,(H,22,23)/b21-12-. The molecule has 3 aromatic rings. The second-order valence-electron chi connectivity index (χ2n) is 5.15.